The molecule has 0 radical (unpaired) electrons. The third-order valence-electron chi connectivity index (χ3n) is 2.04. The van der Waals surface area contributed by atoms with E-state index in [4.69, 9.17) is 14.3 Å². The van der Waals surface area contributed by atoms with Crippen LogP contribution in [0.3, 0.4) is 0 Å². The van der Waals surface area contributed by atoms with E-state index in [9.17, 15) is 0 Å². The second kappa shape index (κ2) is 4.55. The second-order valence-electron chi connectivity index (χ2n) is 4.55. The lowest BCUT2D eigenvalue weighted by molar-refractivity contribution is -0.0592. The molecule has 0 aliphatic carbocycles. The van der Waals surface area contributed by atoms with Crippen LogP contribution in [-0.4, -0.2) is 38.8 Å². The molecule has 0 bridgehead atoms. The van der Waals surface area contributed by atoms with E-state index in [1.54, 1.807) is 0 Å². The third-order valence-corrected chi connectivity index (χ3v) is 3.08. The Hall–Kier alpha value is 0.0969. The van der Waals surface area contributed by atoms with Gasteiger partial charge in [-0.1, -0.05) is 0 Å². The zero-order chi connectivity index (χ0) is 9.90. The third kappa shape index (κ3) is 4.22. The van der Waals surface area contributed by atoms with E-state index in [1.807, 2.05) is 0 Å². The topological polar surface area (TPSA) is 38.7 Å². The van der Waals surface area contributed by atoms with Gasteiger partial charge in [0.25, 0.3) is 0 Å². The Morgan fingerprint density at radius 3 is 2.69 bits per heavy atom. The molecule has 0 aromatic carbocycles. The molecule has 0 aromatic rings. The average molecular weight is 204 g/mol. The van der Waals surface area contributed by atoms with Crippen LogP contribution in [0.1, 0.15) is 12.8 Å². The van der Waals surface area contributed by atoms with E-state index >= 15 is 0 Å². The first-order chi connectivity index (χ1) is 6.01. The molecule has 0 spiro atoms. The smallest absolute Gasteiger partial charge is 0.184 e. The van der Waals surface area contributed by atoms with Crippen molar-refractivity contribution in [1.82, 2.24) is 0 Å². The number of aliphatic hydroxyl groups excluding tert-OH is 1. The Morgan fingerprint density at radius 2 is 2.15 bits per heavy atom. The molecule has 0 amide bonds. The SMILES string of the molecule is C[Si](C)(C)OC1CCO[C@H](CO)C1. The Kier molecular flexibility index (Phi) is 3.91. The van der Waals surface area contributed by atoms with Crippen molar-refractivity contribution in [2.24, 2.45) is 0 Å². The molecule has 1 aliphatic rings. The maximum absolute atomic E-state index is 8.94. The fourth-order valence-corrected chi connectivity index (χ4v) is 2.79. The van der Waals surface area contributed by atoms with E-state index < -0.39 is 8.32 Å². The highest BCUT2D eigenvalue weighted by Crippen LogP contribution is 2.20. The highest BCUT2D eigenvalue weighted by molar-refractivity contribution is 6.69. The van der Waals surface area contributed by atoms with Gasteiger partial charge in [0.2, 0.25) is 0 Å². The molecule has 2 atom stereocenters. The summed E-state index contributed by atoms with van der Waals surface area (Å²) in [5.41, 5.74) is 0. The van der Waals surface area contributed by atoms with Crippen molar-refractivity contribution >= 4 is 8.32 Å². The minimum absolute atomic E-state index is 0.00454. The number of aliphatic hydroxyl groups is 1. The molecule has 1 unspecified atom stereocenters. The Morgan fingerprint density at radius 1 is 1.46 bits per heavy atom. The van der Waals surface area contributed by atoms with Crippen LogP contribution in [0.4, 0.5) is 0 Å². The molecule has 78 valence electrons. The maximum Gasteiger partial charge on any atom is 0.184 e. The summed E-state index contributed by atoms with van der Waals surface area (Å²) >= 11 is 0. The lowest BCUT2D eigenvalue weighted by Gasteiger charge is -2.32. The Balaban J connectivity index is 2.34. The molecule has 1 fully saturated rings. The predicted molar refractivity (Wildman–Crippen MR) is 54.3 cm³/mol. The van der Waals surface area contributed by atoms with Gasteiger partial charge in [-0.2, -0.15) is 0 Å². The van der Waals surface area contributed by atoms with Gasteiger partial charge in [-0.05, 0) is 26.1 Å². The van der Waals surface area contributed by atoms with Crippen molar-refractivity contribution in [3.05, 3.63) is 0 Å². The van der Waals surface area contributed by atoms with Crippen LogP contribution < -0.4 is 0 Å². The number of ether oxygens (including phenoxy) is 1. The van der Waals surface area contributed by atoms with Crippen LogP contribution in [0, 0.1) is 0 Å². The van der Waals surface area contributed by atoms with E-state index in [-0.39, 0.29) is 12.7 Å². The summed E-state index contributed by atoms with van der Waals surface area (Å²) in [6.45, 7) is 7.41. The highest BCUT2D eigenvalue weighted by Gasteiger charge is 2.27. The van der Waals surface area contributed by atoms with Crippen molar-refractivity contribution in [2.45, 2.75) is 44.7 Å². The summed E-state index contributed by atoms with van der Waals surface area (Å²) < 4.78 is 11.3. The normalized spacial score (nSPS) is 30.5. The Bertz CT molecular complexity index is 155. The zero-order valence-corrected chi connectivity index (χ0v) is 9.75. The standard InChI is InChI=1S/C9H20O3Si/c1-13(2,3)12-8-4-5-11-9(6-8)7-10/h8-10H,4-7H2,1-3H3/t8?,9-/m0/s1. The molecule has 4 heteroatoms. The minimum Gasteiger partial charge on any atom is -0.415 e. The fourth-order valence-electron chi connectivity index (χ4n) is 1.58. The fraction of sp³-hybridized carbons (Fsp3) is 1.00. The molecule has 1 saturated heterocycles. The molecular weight excluding hydrogens is 184 g/mol. The van der Waals surface area contributed by atoms with Crippen molar-refractivity contribution in [1.29, 1.82) is 0 Å². The van der Waals surface area contributed by atoms with Crippen LogP contribution in [0.5, 0.6) is 0 Å². The maximum atomic E-state index is 8.94. The summed E-state index contributed by atoms with van der Waals surface area (Å²) in [6, 6.07) is 0. The summed E-state index contributed by atoms with van der Waals surface area (Å²) in [5, 5.41) is 8.94. The van der Waals surface area contributed by atoms with E-state index in [0.717, 1.165) is 19.4 Å². The molecular formula is C9H20O3Si. The highest BCUT2D eigenvalue weighted by atomic mass is 28.4. The molecule has 1 rings (SSSR count). The summed E-state index contributed by atoms with van der Waals surface area (Å²) in [6.07, 6.45) is 2.12. The minimum atomic E-state index is -1.42. The van der Waals surface area contributed by atoms with Crippen LogP contribution in [-0.2, 0) is 9.16 Å². The van der Waals surface area contributed by atoms with E-state index in [1.165, 1.54) is 0 Å². The first-order valence-electron chi connectivity index (χ1n) is 4.91. The molecule has 1 heterocycles. The summed E-state index contributed by atoms with van der Waals surface area (Å²) in [5.74, 6) is 0. The van der Waals surface area contributed by atoms with Crippen molar-refractivity contribution in [3.8, 4) is 0 Å². The van der Waals surface area contributed by atoms with Crippen LogP contribution in [0.15, 0.2) is 0 Å². The first kappa shape index (κ1) is 11.2. The molecule has 0 saturated carbocycles. The number of rotatable bonds is 3. The second-order valence-corrected chi connectivity index (χ2v) is 9.01. The zero-order valence-electron chi connectivity index (χ0n) is 8.75. The van der Waals surface area contributed by atoms with Gasteiger partial charge < -0.3 is 14.3 Å². The van der Waals surface area contributed by atoms with Crippen LogP contribution >= 0.6 is 0 Å². The van der Waals surface area contributed by atoms with Gasteiger partial charge in [-0.15, -0.1) is 0 Å². The summed E-state index contributed by atoms with van der Waals surface area (Å²) in [4.78, 5) is 0. The van der Waals surface area contributed by atoms with Gasteiger partial charge in [-0.25, -0.2) is 0 Å². The van der Waals surface area contributed by atoms with Crippen molar-refractivity contribution in [2.75, 3.05) is 13.2 Å². The monoisotopic (exact) mass is 204 g/mol. The van der Waals surface area contributed by atoms with Crippen LogP contribution in [0.25, 0.3) is 0 Å². The van der Waals surface area contributed by atoms with E-state index in [0.29, 0.717) is 6.10 Å². The van der Waals surface area contributed by atoms with Crippen molar-refractivity contribution < 1.29 is 14.3 Å². The first-order valence-corrected chi connectivity index (χ1v) is 8.32. The van der Waals surface area contributed by atoms with Gasteiger partial charge in [-0.3, -0.25) is 0 Å². The van der Waals surface area contributed by atoms with Gasteiger partial charge in [0.1, 0.15) is 0 Å². The van der Waals surface area contributed by atoms with Gasteiger partial charge in [0, 0.05) is 19.1 Å². The van der Waals surface area contributed by atoms with Crippen molar-refractivity contribution in [3.63, 3.8) is 0 Å². The largest absolute Gasteiger partial charge is 0.415 e. The quantitative estimate of drug-likeness (QED) is 0.706. The predicted octanol–water partition coefficient (Wildman–Crippen LogP) is 1.38. The van der Waals surface area contributed by atoms with E-state index in [2.05, 4.69) is 19.6 Å². The number of hydrogen-bond acceptors (Lipinski definition) is 3. The lowest BCUT2D eigenvalue weighted by atomic mass is 10.1. The van der Waals surface area contributed by atoms with Crippen LogP contribution in [0.2, 0.25) is 19.6 Å². The van der Waals surface area contributed by atoms with Gasteiger partial charge >= 0.3 is 0 Å². The molecule has 1 aliphatic heterocycles. The van der Waals surface area contributed by atoms with Gasteiger partial charge in [0.05, 0.1) is 12.7 Å². The molecule has 13 heavy (non-hydrogen) atoms. The average Bonchev–Trinajstić information content (AvgIpc) is 2.01. The summed E-state index contributed by atoms with van der Waals surface area (Å²) in [7, 11) is -1.42. The molecule has 3 nitrogen and oxygen atoms in total. The number of hydrogen-bond donors (Lipinski definition) is 1. The molecule has 0 aromatic heterocycles. The molecule has 1 N–H and O–H groups in total. The van der Waals surface area contributed by atoms with Gasteiger partial charge in [0.15, 0.2) is 8.32 Å². The lowest BCUT2D eigenvalue weighted by Crippen LogP contribution is -2.39. The Labute approximate surface area is 81.2 Å².